The number of carbonyl (C=O) groups excluding carboxylic acids is 1. The zero-order chi connectivity index (χ0) is 13.7. The smallest absolute Gasteiger partial charge is 0.255 e. The van der Waals surface area contributed by atoms with Crippen LogP contribution in [0.25, 0.3) is 0 Å². The van der Waals surface area contributed by atoms with Gasteiger partial charge in [-0.3, -0.25) is 4.79 Å². The van der Waals surface area contributed by atoms with E-state index in [2.05, 4.69) is 0 Å². The van der Waals surface area contributed by atoms with E-state index in [1.54, 1.807) is 11.9 Å². The Morgan fingerprint density at radius 2 is 2.42 bits per heavy atom. The zero-order valence-corrected chi connectivity index (χ0v) is 11.2. The van der Waals surface area contributed by atoms with Crippen molar-refractivity contribution >= 4 is 11.6 Å². The van der Waals surface area contributed by atoms with Crippen LogP contribution in [0, 0.1) is 0 Å². The fraction of sp³-hybridized carbons (Fsp3) is 0.500. The van der Waals surface area contributed by atoms with Gasteiger partial charge in [0.15, 0.2) is 0 Å². The maximum Gasteiger partial charge on any atom is 0.255 e. The summed E-state index contributed by atoms with van der Waals surface area (Å²) in [7, 11) is 1.76. The number of hydrogen-bond acceptors (Lipinski definition) is 4. The summed E-state index contributed by atoms with van der Waals surface area (Å²) in [6.45, 7) is 1.60. The van der Waals surface area contributed by atoms with Crippen molar-refractivity contribution in [2.24, 2.45) is 5.73 Å². The van der Waals surface area contributed by atoms with Gasteiger partial charge in [0.25, 0.3) is 5.91 Å². The summed E-state index contributed by atoms with van der Waals surface area (Å²) in [5.74, 6) is 0.711. The van der Waals surface area contributed by atoms with Gasteiger partial charge in [0.2, 0.25) is 0 Å². The lowest BCUT2D eigenvalue weighted by Gasteiger charge is -2.21. The summed E-state index contributed by atoms with van der Waals surface area (Å²) in [5.41, 5.74) is 6.20. The van der Waals surface area contributed by atoms with Crippen LogP contribution in [0.4, 0.5) is 5.69 Å². The summed E-state index contributed by atoms with van der Waals surface area (Å²) in [6, 6.07) is 7.43. The largest absolute Gasteiger partial charge is 0.492 e. The molecule has 1 heterocycles. The molecule has 19 heavy (non-hydrogen) atoms. The number of nitrogens with two attached hydrogens (primary N) is 1. The van der Waals surface area contributed by atoms with Crippen LogP contribution in [0.2, 0.25) is 0 Å². The lowest BCUT2D eigenvalue weighted by Crippen LogP contribution is -2.36. The molecule has 0 radical (unpaired) electrons. The number of carbonyl (C=O) groups is 1. The van der Waals surface area contributed by atoms with Crippen LogP contribution in [-0.2, 0) is 9.53 Å². The van der Waals surface area contributed by atoms with E-state index in [0.29, 0.717) is 19.8 Å². The van der Waals surface area contributed by atoms with Crippen molar-refractivity contribution in [3.63, 3.8) is 0 Å². The first-order valence-corrected chi connectivity index (χ1v) is 6.54. The molecule has 0 bridgehead atoms. The van der Waals surface area contributed by atoms with E-state index >= 15 is 0 Å². The number of likely N-dealkylation sites (N-methyl/N-ethyl adjacent to an activating group) is 1. The molecule has 0 saturated carbocycles. The Balaban J connectivity index is 2.05. The average Bonchev–Trinajstić information content (AvgIpc) is 2.98. The number of amides is 1. The van der Waals surface area contributed by atoms with Crippen LogP contribution >= 0.6 is 0 Å². The van der Waals surface area contributed by atoms with Gasteiger partial charge in [-0.1, -0.05) is 6.07 Å². The van der Waals surface area contributed by atoms with Crippen molar-refractivity contribution < 1.29 is 14.3 Å². The van der Waals surface area contributed by atoms with Gasteiger partial charge in [0.05, 0.1) is 0 Å². The minimum Gasteiger partial charge on any atom is -0.492 e. The minimum absolute atomic E-state index is 0.00604. The fourth-order valence-corrected chi connectivity index (χ4v) is 2.07. The standard InChI is InChI=1S/C14H20N2O3/c1-16(14(17)13-6-3-8-19-13)11-4-2-5-12(10-11)18-9-7-15/h2,4-5,10,13H,3,6-9,15H2,1H3. The highest BCUT2D eigenvalue weighted by molar-refractivity contribution is 5.96. The molecule has 1 aliphatic heterocycles. The van der Waals surface area contributed by atoms with Crippen molar-refractivity contribution in [3.8, 4) is 5.75 Å². The van der Waals surface area contributed by atoms with E-state index in [-0.39, 0.29) is 12.0 Å². The molecular formula is C14H20N2O3. The second-order valence-corrected chi connectivity index (χ2v) is 4.53. The molecule has 1 saturated heterocycles. The monoisotopic (exact) mass is 264 g/mol. The van der Waals surface area contributed by atoms with E-state index in [4.69, 9.17) is 15.2 Å². The molecule has 2 rings (SSSR count). The zero-order valence-electron chi connectivity index (χ0n) is 11.2. The Morgan fingerprint density at radius 1 is 1.58 bits per heavy atom. The first-order valence-electron chi connectivity index (χ1n) is 6.54. The first-order chi connectivity index (χ1) is 9.22. The molecule has 0 aliphatic carbocycles. The Bertz CT molecular complexity index is 430. The lowest BCUT2D eigenvalue weighted by molar-refractivity contribution is -0.127. The van der Waals surface area contributed by atoms with Crippen LogP contribution in [0.3, 0.4) is 0 Å². The van der Waals surface area contributed by atoms with E-state index in [1.165, 1.54) is 0 Å². The SMILES string of the molecule is CN(C(=O)C1CCCO1)c1cccc(OCCN)c1. The van der Waals surface area contributed by atoms with Crippen LogP contribution in [0.5, 0.6) is 5.75 Å². The maximum absolute atomic E-state index is 12.2. The second-order valence-electron chi connectivity index (χ2n) is 4.53. The van der Waals surface area contributed by atoms with Crippen molar-refractivity contribution in [1.29, 1.82) is 0 Å². The topological polar surface area (TPSA) is 64.8 Å². The van der Waals surface area contributed by atoms with Gasteiger partial charge in [0, 0.05) is 32.0 Å². The Morgan fingerprint density at radius 3 is 3.11 bits per heavy atom. The molecule has 1 aromatic rings. The Hall–Kier alpha value is -1.59. The summed E-state index contributed by atoms with van der Waals surface area (Å²) in [5, 5.41) is 0. The van der Waals surface area contributed by atoms with Crippen LogP contribution in [0.15, 0.2) is 24.3 Å². The average molecular weight is 264 g/mol. The fourth-order valence-electron chi connectivity index (χ4n) is 2.07. The number of anilines is 1. The third-order valence-electron chi connectivity index (χ3n) is 3.13. The third-order valence-corrected chi connectivity index (χ3v) is 3.13. The summed E-state index contributed by atoms with van der Waals surface area (Å²) in [6.07, 6.45) is 1.44. The molecule has 1 fully saturated rings. The number of hydrogen-bond donors (Lipinski definition) is 1. The molecule has 1 aromatic carbocycles. The highest BCUT2D eigenvalue weighted by atomic mass is 16.5. The van der Waals surface area contributed by atoms with Crippen molar-refractivity contribution in [1.82, 2.24) is 0 Å². The van der Waals surface area contributed by atoms with Crippen LogP contribution in [-0.4, -0.2) is 38.8 Å². The van der Waals surface area contributed by atoms with E-state index in [9.17, 15) is 4.79 Å². The Kier molecular flexibility index (Phi) is 4.76. The predicted molar refractivity (Wildman–Crippen MR) is 73.4 cm³/mol. The van der Waals surface area contributed by atoms with Gasteiger partial charge in [-0.25, -0.2) is 0 Å². The van der Waals surface area contributed by atoms with Gasteiger partial charge < -0.3 is 20.1 Å². The normalized spacial score (nSPS) is 18.3. The lowest BCUT2D eigenvalue weighted by atomic mass is 10.2. The molecule has 0 spiro atoms. The summed E-state index contributed by atoms with van der Waals surface area (Å²) in [4.78, 5) is 13.8. The predicted octanol–water partition coefficient (Wildman–Crippen LogP) is 1.17. The minimum atomic E-state index is -0.307. The van der Waals surface area contributed by atoms with E-state index in [0.717, 1.165) is 24.3 Å². The molecule has 1 unspecified atom stereocenters. The van der Waals surface area contributed by atoms with E-state index in [1.807, 2.05) is 24.3 Å². The Labute approximate surface area is 113 Å². The van der Waals surface area contributed by atoms with Crippen LogP contribution in [0.1, 0.15) is 12.8 Å². The van der Waals surface area contributed by atoms with Gasteiger partial charge >= 0.3 is 0 Å². The highest BCUT2D eigenvalue weighted by Crippen LogP contribution is 2.23. The molecular weight excluding hydrogens is 244 g/mol. The van der Waals surface area contributed by atoms with E-state index < -0.39 is 0 Å². The second kappa shape index (κ2) is 6.54. The van der Waals surface area contributed by atoms with Crippen LogP contribution < -0.4 is 15.4 Å². The van der Waals surface area contributed by atoms with Gasteiger partial charge in [0.1, 0.15) is 18.5 Å². The highest BCUT2D eigenvalue weighted by Gasteiger charge is 2.27. The molecule has 5 heteroatoms. The van der Waals surface area contributed by atoms with Crippen molar-refractivity contribution in [2.45, 2.75) is 18.9 Å². The van der Waals surface area contributed by atoms with Gasteiger partial charge in [-0.15, -0.1) is 0 Å². The molecule has 1 aliphatic rings. The van der Waals surface area contributed by atoms with Crippen molar-refractivity contribution in [3.05, 3.63) is 24.3 Å². The summed E-state index contributed by atoms with van der Waals surface area (Å²) >= 11 is 0. The van der Waals surface area contributed by atoms with Gasteiger partial charge in [-0.05, 0) is 25.0 Å². The molecule has 1 amide bonds. The summed E-state index contributed by atoms with van der Waals surface area (Å²) < 4.78 is 10.9. The molecule has 104 valence electrons. The molecule has 2 N–H and O–H groups in total. The van der Waals surface area contributed by atoms with Gasteiger partial charge in [-0.2, -0.15) is 0 Å². The number of rotatable bonds is 5. The number of ether oxygens (including phenoxy) is 2. The number of nitrogens with zero attached hydrogens (tertiary/aromatic N) is 1. The van der Waals surface area contributed by atoms with Crippen molar-refractivity contribution in [2.75, 3.05) is 31.7 Å². The molecule has 1 atom stereocenters. The molecule has 5 nitrogen and oxygen atoms in total. The first kappa shape index (κ1) is 13.8. The third kappa shape index (κ3) is 3.45. The maximum atomic E-state index is 12.2. The number of benzene rings is 1. The molecule has 0 aromatic heterocycles. The quantitative estimate of drug-likeness (QED) is 0.867.